The maximum atomic E-state index is 9.99. The molecule has 0 aliphatic rings. The summed E-state index contributed by atoms with van der Waals surface area (Å²) in [6.07, 6.45) is 0. The van der Waals surface area contributed by atoms with Crippen molar-refractivity contribution in [1.82, 2.24) is 0 Å². The molecule has 0 aliphatic carbocycles. The fourth-order valence-corrected chi connectivity index (χ4v) is 5.80. The molecular formula is C44H28O. The van der Waals surface area contributed by atoms with Crippen LogP contribution in [0.2, 0.25) is 0 Å². The first-order valence-corrected chi connectivity index (χ1v) is 13.8. The molecule has 0 amide bonds. The van der Waals surface area contributed by atoms with Gasteiger partial charge in [0.15, 0.2) is 0 Å². The van der Waals surface area contributed by atoms with E-state index in [2.05, 4.69) is 0 Å². The van der Waals surface area contributed by atoms with Crippen LogP contribution in [-0.2, 0) is 0 Å². The van der Waals surface area contributed by atoms with Crippen LogP contribution >= 0.6 is 0 Å². The summed E-state index contributed by atoms with van der Waals surface area (Å²) >= 11 is 0. The Bertz CT molecular complexity index is 3550. The van der Waals surface area contributed by atoms with Crippen LogP contribution in [0.3, 0.4) is 0 Å². The van der Waals surface area contributed by atoms with Crippen LogP contribution in [0.25, 0.3) is 88.0 Å². The van der Waals surface area contributed by atoms with Crippen LogP contribution in [0, 0.1) is 0 Å². The average Bonchev–Trinajstić information content (AvgIpc) is 3.70. The van der Waals surface area contributed by atoms with Gasteiger partial charge >= 0.3 is 0 Å². The van der Waals surface area contributed by atoms with Crippen molar-refractivity contribution in [2.75, 3.05) is 0 Å². The molecule has 0 fully saturated rings. The Kier molecular flexibility index (Phi) is 2.90. The summed E-state index contributed by atoms with van der Waals surface area (Å²) < 4.78 is 182. The molecule has 0 unspecified atom stereocenters. The summed E-state index contributed by atoms with van der Waals surface area (Å²) in [5.41, 5.74) is -2.80. The zero-order valence-corrected chi connectivity index (χ0v) is 23.0. The molecule has 0 saturated carbocycles. The van der Waals surface area contributed by atoms with Crippen molar-refractivity contribution in [2.45, 2.75) is 0 Å². The van der Waals surface area contributed by atoms with E-state index in [-0.39, 0.29) is 65.7 Å². The van der Waals surface area contributed by atoms with Crippen LogP contribution in [0.4, 0.5) is 0 Å². The Morgan fingerprint density at radius 3 is 1.58 bits per heavy atom. The highest BCUT2D eigenvalue weighted by molar-refractivity contribution is 6.23. The van der Waals surface area contributed by atoms with E-state index in [1.165, 1.54) is 0 Å². The van der Waals surface area contributed by atoms with E-state index in [1.54, 1.807) is 48.5 Å². The van der Waals surface area contributed by atoms with Crippen LogP contribution in [0.5, 0.6) is 0 Å². The molecule has 0 spiro atoms. The van der Waals surface area contributed by atoms with E-state index in [0.717, 1.165) is 0 Å². The highest BCUT2D eigenvalue weighted by Gasteiger charge is 2.20. The quantitative estimate of drug-likeness (QED) is 0.185. The molecule has 0 N–H and O–H groups in total. The highest BCUT2D eigenvalue weighted by atomic mass is 16.3. The molecule has 0 radical (unpaired) electrons. The lowest BCUT2D eigenvalue weighted by Gasteiger charge is -2.19. The van der Waals surface area contributed by atoms with Gasteiger partial charge in [-0.15, -0.1) is 0 Å². The summed E-state index contributed by atoms with van der Waals surface area (Å²) in [5, 5.41) is 0.515. The van der Waals surface area contributed by atoms with Gasteiger partial charge in [0.2, 0.25) is 0 Å². The zero-order valence-electron chi connectivity index (χ0n) is 43.0. The normalized spacial score (nSPS) is 17.8. The lowest BCUT2D eigenvalue weighted by Crippen LogP contribution is -1.92. The van der Waals surface area contributed by atoms with Gasteiger partial charge in [0.05, 0.1) is 27.4 Å². The Balaban J connectivity index is 1.50. The molecule has 1 nitrogen and oxygen atoms in total. The molecule has 210 valence electrons. The van der Waals surface area contributed by atoms with Gasteiger partial charge in [-0.05, 0) is 90.2 Å². The van der Waals surface area contributed by atoms with E-state index in [9.17, 15) is 5.48 Å². The Morgan fingerprint density at radius 1 is 0.378 bits per heavy atom. The first-order valence-electron chi connectivity index (χ1n) is 23.8. The fourth-order valence-electron chi connectivity index (χ4n) is 5.80. The van der Waals surface area contributed by atoms with Crippen molar-refractivity contribution in [3.8, 4) is 44.5 Å². The van der Waals surface area contributed by atoms with E-state index < -0.39 is 143 Å². The third-order valence-electron chi connectivity index (χ3n) is 7.63. The van der Waals surface area contributed by atoms with E-state index in [1.807, 2.05) is 0 Å². The second-order valence-electron chi connectivity index (χ2n) is 10.1. The minimum Gasteiger partial charge on any atom is -0.456 e. The molecule has 0 bridgehead atoms. The Hall–Kier alpha value is -5.92. The van der Waals surface area contributed by atoms with Gasteiger partial charge < -0.3 is 4.42 Å². The maximum Gasteiger partial charge on any atom is 0.136 e. The molecule has 1 heteroatoms. The number of para-hydroxylation sites is 1. The first kappa shape index (κ1) is 12.6. The summed E-state index contributed by atoms with van der Waals surface area (Å²) in [6.45, 7) is 0. The SMILES string of the molecule is [2H]c1c([2H])c([2H])c(-c2c([2H])c([2H])c([2H])c(-c3c4ccccc4c(-c4c([2H])c(-c5c([2H])c([2H])c([2H])c([2H])c5[2H])c5c(oc6c([2H])c([2H])c([2H])c([2H])c65)c4[2H])c4ccccc34)c2[2H])c([2H])c1[2H]. The molecule has 8 aromatic carbocycles. The van der Waals surface area contributed by atoms with Gasteiger partial charge in [-0.1, -0.05) is 145 Å². The number of furan rings is 1. The van der Waals surface area contributed by atoms with Gasteiger partial charge in [-0.2, -0.15) is 0 Å². The highest BCUT2D eigenvalue weighted by Crippen LogP contribution is 2.47. The van der Waals surface area contributed by atoms with Gasteiger partial charge in [0.25, 0.3) is 0 Å². The van der Waals surface area contributed by atoms with E-state index in [0.29, 0.717) is 0 Å². The second-order valence-corrected chi connectivity index (χ2v) is 10.1. The Morgan fingerprint density at radius 2 is 0.911 bits per heavy atom. The maximum absolute atomic E-state index is 9.99. The molecule has 0 saturated heterocycles. The molecule has 1 heterocycles. The number of benzene rings is 8. The average molecular weight is 593 g/mol. The van der Waals surface area contributed by atoms with Crippen molar-refractivity contribution in [2.24, 2.45) is 0 Å². The van der Waals surface area contributed by atoms with Crippen LogP contribution in [0.1, 0.15) is 27.4 Å². The first-order chi connectivity index (χ1) is 30.7. The predicted octanol–water partition coefficient (Wildman–Crippen LogP) is 12.6. The van der Waals surface area contributed by atoms with E-state index in [4.69, 9.17) is 26.3 Å². The third kappa shape index (κ3) is 4.17. The standard InChI is InChI=1S/C44H28O/c1-3-14-29(15-4-1)31-18-13-19-32(26-31)42-34-20-7-9-22-36(34)43(37-23-10-8-21-35(37)42)33-27-39(30-16-5-2-6-17-30)44-38-24-11-12-25-40(38)45-41(44)28-33/h1-28H/i1D,2D,3D,4D,5D,6D,11D,12D,13D,14D,15D,16D,17D,18D,19D,24D,25D,26D,27D,28D. The number of hydrogen-bond acceptors (Lipinski definition) is 1. The topological polar surface area (TPSA) is 13.1 Å². The van der Waals surface area contributed by atoms with Gasteiger partial charge in [0, 0.05) is 10.8 Å². The summed E-state index contributed by atoms with van der Waals surface area (Å²) in [6, 6.07) is -0.661. The largest absolute Gasteiger partial charge is 0.456 e. The molecule has 0 aliphatic heterocycles. The third-order valence-corrected chi connectivity index (χ3v) is 7.63. The fraction of sp³-hybridized carbons (Fsp3) is 0. The monoisotopic (exact) mass is 592 g/mol. The van der Waals surface area contributed by atoms with Gasteiger partial charge in [0.1, 0.15) is 11.2 Å². The summed E-state index contributed by atoms with van der Waals surface area (Å²) in [4.78, 5) is 0. The van der Waals surface area contributed by atoms with Crippen molar-refractivity contribution in [3.63, 3.8) is 0 Å². The van der Waals surface area contributed by atoms with Gasteiger partial charge in [-0.25, -0.2) is 0 Å². The Labute approximate surface area is 289 Å². The van der Waals surface area contributed by atoms with Crippen molar-refractivity contribution < 1.29 is 31.8 Å². The molecule has 0 atom stereocenters. The smallest absolute Gasteiger partial charge is 0.136 e. The molecule has 9 aromatic rings. The van der Waals surface area contributed by atoms with Crippen molar-refractivity contribution in [3.05, 3.63) is 169 Å². The molecule has 1 aromatic heterocycles. The van der Waals surface area contributed by atoms with Crippen LogP contribution < -0.4 is 0 Å². The number of rotatable bonds is 4. The van der Waals surface area contributed by atoms with Crippen LogP contribution in [-0.4, -0.2) is 0 Å². The summed E-state index contributed by atoms with van der Waals surface area (Å²) in [5.74, 6) is 0. The second kappa shape index (κ2) is 10.4. The lowest BCUT2D eigenvalue weighted by atomic mass is 9.84. The summed E-state index contributed by atoms with van der Waals surface area (Å²) in [7, 11) is 0. The molecule has 45 heavy (non-hydrogen) atoms. The zero-order chi connectivity index (χ0) is 47.1. The van der Waals surface area contributed by atoms with Crippen molar-refractivity contribution >= 4 is 43.5 Å². The van der Waals surface area contributed by atoms with E-state index >= 15 is 0 Å². The predicted molar refractivity (Wildman–Crippen MR) is 190 cm³/mol. The number of hydrogen-bond donors (Lipinski definition) is 0. The minimum atomic E-state index is -0.757. The number of fused-ring (bicyclic) bond motifs is 5. The lowest BCUT2D eigenvalue weighted by molar-refractivity contribution is 0.669. The van der Waals surface area contributed by atoms with Crippen LogP contribution in [0.15, 0.2) is 174 Å². The molecule has 9 rings (SSSR count). The molecular weight excluding hydrogens is 544 g/mol. The van der Waals surface area contributed by atoms with Crippen molar-refractivity contribution in [1.29, 1.82) is 0 Å². The minimum absolute atomic E-state index is 0.148. The van der Waals surface area contributed by atoms with Gasteiger partial charge in [-0.3, -0.25) is 0 Å².